The minimum absolute atomic E-state index is 0.106. The molecular formula is C20H22N6O2. The number of nitrogens with one attached hydrogen (secondary N) is 1. The van der Waals surface area contributed by atoms with Gasteiger partial charge in [-0.3, -0.25) is 9.36 Å². The first-order chi connectivity index (χ1) is 13.6. The lowest BCUT2D eigenvalue weighted by Crippen LogP contribution is -2.32. The SMILES string of the molecule is COc1ccc(N[C@@H]2CCN(c3nc(-c4ccncn4)cc(=O)n3C)C2)cc1. The predicted molar refractivity (Wildman–Crippen MR) is 108 cm³/mol. The molecule has 3 heterocycles. The van der Waals surface area contributed by atoms with Gasteiger partial charge in [-0.15, -0.1) is 0 Å². The summed E-state index contributed by atoms with van der Waals surface area (Å²) in [6, 6.07) is 11.4. The zero-order valence-corrected chi connectivity index (χ0v) is 15.9. The molecule has 1 aromatic carbocycles. The summed E-state index contributed by atoms with van der Waals surface area (Å²) in [4.78, 5) is 27.4. The molecule has 4 rings (SSSR count). The monoisotopic (exact) mass is 378 g/mol. The highest BCUT2D eigenvalue weighted by Gasteiger charge is 2.25. The van der Waals surface area contributed by atoms with E-state index in [9.17, 15) is 4.79 Å². The van der Waals surface area contributed by atoms with Crippen molar-refractivity contribution in [3.8, 4) is 17.1 Å². The highest BCUT2D eigenvalue weighted by molar-refractivity contribution is 5.55. The van der Waals surface area contributed by atoms with Gasteiger partial charge in [0.2, 0.25) is 5.95 Å². The molecule has 1 atom stereocenters. The molecule has 8 nitrogen and oxygen atoms in total. The molecule has 0 amide bonds. The van der Waals surface area contributed by atoms with Crippen LogP contribution in [0.4, 0.5) is 11.6 Å². The van der Waals surface area contributed by atoms with Crippen molar-refractivity contribution >= 4 is 11.6 Å². The zero-order valence-electron chi connectivity index (χ0n) is 15.9. The van der Waals surface area contributed by atoms with Crippen LogP contribution in [0.2, 0.25) is 0 Å². The first kappa shape index (κ1) is 18.0. The van der Waals surface area contributed by atoms with Gasteiger partial charge >= 0.3 is 0 Å². The molecule has 3 aromatic rings. The van der Waals surface area contributed by atoms with E-state index in [4.69, 9.17) is 9.72 Å². The molecule has 28 heavy (non-hydrogen) atoms. The van der Waals surface area contributed by atoms with Gasteiger partial charge in [0.1, 0.15) is 12.1 Å². The van der Waals surface area contributed by atoms with Gasteiger partial charge < -0.3 is 15.0 Å². The van der Waals surface area contributed by atoms with Crippen LogP contribution in [-0.4, -0.2) is 45.8 Å². The number of methoxy groups -OCH3 is 1. The van der Waals surface area contributed by atoms with Gasteiger partial charge in [0.15, 0.2) is 0 Å². The molecule has 8 heteroatoms. The van der Waals surface area contributed by atoms with Crippen LogP contribution < -0.4 is 20.5 Å². The van der Waals surface area contributed by atoms with Crippen molar-refractivity contribution in [2.75, 3.05) is 30.4 Å². The van der Waals surface area contributed by atoms with Crippen molar-refractivity contribution in [3.63, 3.8) is 0 Å². The van der Waals surface area contributed by atoms with Crippen LogP contribution >= 0.6 is 0 Å². The lowest BCUT2D eigenvalue weighted by atomic mass is 10.2. The van der Waals surface area contributed by atoms with Gasteiger partial charge in [0.25, 0.3) is 5.56 Å². The minimum atomic E-state index is -0.106. The lowest BCUT2D eigenvalue weighted by Gasteiger charge is -2.21. The Hall–Kier alpha value is -3.42. The molecule has 2 aromatic heterocycles. The number of anilines is 2. The molecule has 0 radical (unpaired) electrons. The highest BCUT2D eigenvalue weighted by Crippen LogP contribution is 2.23. The number of ether oxygens (including phenoxy) is 1. The third-order valence-corrected chi connectivity index (χ3v) is 4.89. The second-order valence-corrected chi connectivity index (χ2v) is 6.74. The topological polar surface area (TPSA) is 85.2 Å². The number of aromatic nitrogens is 4. The van der Waals surface area contributed by atoms with Crippen molar-refractivity contribution in [3.05, 3.63) is 59.3 Å². The first-order valence-electron chi connectivity index (χ1n) is 9.14. The smallest absolute Gasteiger partial charge is 0.255 e. The van der Waals surface area contributed by atoms with Gasteiger partial charge in [-0.25, -0.2) is 15.0 Å². The van der Waals surface area contributed by atoms with Crippen LogP contribution in [0.15, 0.2) is 53.7 Å². The summed E-state index contributed by atoms with van der Waals surface area (Å²) in [5.74, 6) is 1.49. The van der Waals surface area contributed by atoms with Crippen molar-refractivity contribution in [1.82, 2.24) is 19.5 Å². The van der Waals surface area contributed by atoms with E-state index in [1.807, 2.05) is 24.3 Å². The summed E-state index contributed by atoms with van der Waals surface area (Å²) in [6.45, 7) is 1.58. The molecule has 0 unspecified atom stereocenters. The third-order valence-electron chi connectivity index (χ3n) is 4.89. The van der Waals surface area contributed by atoms with E-state index < -0.39 is 0 Å². The summed E-state index contributed by atoms with van der Waals surface area (Å²) >= 11 is 0. The zero-order chi connectivity index (χ0) is 19.5. The Labute approximate surface area is 162 Å². The van der Waals surface area contributed by atoms with Crippen LogP contribution in [-0.2, 0) is 7.05 Å². The Balaban J connectivity index is 1.53. The summed E-state index contributed by atoms with van der Waals surface area (Å²) in [5, 5.41) is 3.54. The number of benzene rings is 1. The third kappa shape index (κ3) is 3.66. The molecule has 1 aliphatic rings. The maximum absolute atomic E-state index is 12.4. The molecule has 1 fully saturated rings. The summed E-state index contributed by atoms with van der Waals surface area (Å²) in [6.07, 6.45) is 4.06. The normalized spacial score (nSPS) is 16.2. The highest BCUT2D eigenvalue weighted by atomic mass is 16.5. The van der Waals surface area contributed by atoms with E-state index in [1.54, 1.807) is 31.0 Å². The summed E-state index contributed by atoms with van der Waals surface area (Å²) in [5.41, 5.74) is 2.14. The fraction of sp³-hybridized carbons (Fsp3) is 0.300. The molecule has 0 spiro atoms. The minimum Gasteiger partial charge on any atom is -0.497 e. The van der Waals surface area contributed by atoms with Crippen LogP contribution in [0.25, 0.3) is 11.4 Å². The largest absolute Gasteiger partial charge is 0.497 e. The average Bonchev–Trinajstić information content (AvgIpc) is 3.19. The molecule has 1 aliphatic heterocycles. The van der Waals surface area contributed by atoms with Crippen LogP contribution in [0.1, 0.15) is 6.42 Å². The Morgan fingerprint density at radius 3 is 2.71 bits per heavy atom. The van der Waals surface area contributed by atoms with Gasteiger partial charge in [-0.05, 0) is 36.8 Å². The van der Waals surface area contributed by atoms with Crippen molar-refractivity contribution in [2.45, 2.75) is 12.5 Å². The Morgan fingerprint density at radius 2 is 2.00 bits per heavy atom. The first-order valence-corrected chi connectivity index (χ1v) is 9.14. The molecule has 1 N–H and O–H groups in total. The van der Waals surface area contributed by atoms with Gasteiger partial charge in [0, 0.05) is 44.1 Å². The van der Waals surface area contributed by atoms with Gasteiger partial charge in [-0.2, -0.15) is 0 Å². The lowest BCUT2D eigenvalue weighted by molar-refractivity contribution is 0.415. The van der Waals surface area contributed by atoms with Crippen molar-refractivity contribution in [2.24, 2.45) is 7.05 Å². The molecule has 0 bridgehead atoms. The fourth-order valence-electron chi connectivity index (χ4n) is 3.37. The number of rotatable bonds is 5. The van der Waals surface area contributed by atoms with E-state index in [1.165, 1.54) is 12.4 Å². The second-order valence-electron chi connectivity index (χ2n) is 6.74. The maximum Gasteiger partial charge on any atom is 0.255 e. The van der Waals surface area contributed by atoms with E-state index >= 15 is 0 Å². The van der Waals surface area contributed by atoms with Crippen LogP contribution in [0.3, 0.4) is 0 Å². The van der Waals surface area contributed by atoms with E-state index in [0.29, 0.717) is 17.3 Å². The summed E-state index contributed by atoms with van der Waals surface area (Å²) in [7, 11) is 3.41. The van der Waals surface area contributed by atoms with Gasteiger partial charge in [-0.1, -0.05) is 0 Å². The number of hydrogen-bond donors (Lipinski definition) is 1. The Morgan fingerprint density at radius 1 is 1.18 bits per heavy atom. The standard InChI is InChI=1S/C20H22N6O2/c1-25-19(27)11-18(17-7-9-21-13-22-17)24-20(25)26-10-8-15(12-26)23-14-3-5-16(28-2)6-4-14/h3-7,9,11,13,15,23H,8,10,12H2,1-2H3/t15-/m1/s1. The molecule has 0 aliphatic carbocycles. The Bertz CT molecular complexity index is 1000. The predicted octanol–water partition coefficient (Wildman–Crippen LogP) is 1.94. The Kier molecular flexibility index (Phi) is 4.92. The maximum atomic E-state index is 12.4. The van der Waals surface area contributed by atoms with Crippen molar-refractivity contribution in [1.29, 1.82) is 0 Å². The van der Waals surface area contributed by atoms with E-state index in [0.717, 1.165) is 30.9 Å². The molecule has 0 saturated carbocycles. The average molecular weight is 378 g/mol. The second kappa shape index (κ2) is 7.67. The van der Waals surface area contributed by atoms with Crippen LogP contribution in [0.5, 0.6) is 5.75 Å². The summed E-state index contributed by atoms with van der Waals surface area (Å²) < 4.78 is 6.78. The van der Waals surface area contributed by atoms with E-state index in [-0.39, 0.29) is 11.6 Å². The van der Waals surface area contributed by atoms with E-state index in [2.05, 4.69) is 20.2 Å². The van der Waals surface area contributed by atoms with Crippen LogP contribution in [0, 0.1) is 0 Å². The molecular weight excluding hydrogens is 356 g/mol. The fourth-order valence-corrected chi connectivity index (χ4v) is 3.37. The van der Waals surface area contributed by atoms with Crippen molar-refractivity contribution < 1.29 is 4.74 Å². The number of nitrogens with zero attached hydrogens (tertiary/aromatic N) is 5. The molecule has 1 saturated heterocycles. The molecule has 144 valence electrons. The quantitative estimate of drug-likeness (QED) is 0.726. The van der Waals surface area contributed by atoms with Gasteiger partial charge in [0.05, 0.1) is 18.5 Å². The number of hydrogen-bond acceptors (Lipinski definition) is 7.